The number of benzene rings is 1. The van der Waals surface area contributed by atoms with Crippen molar-refractivity contribution in [2.45, 2.75) is 38.2 Å². The molecule has 1 aliphatic heterocycles. The van der Waals surface area contributed by atoms with Crippen LogP contribution < -0.4 is 5.32 Å². The molecule has 2 aliphatic rings. The number of amides is 1. The molecule has 1 fully saturated rings. The van der Waals surface area contributed by atoms with Gasteiger partial charge >= 0.3 is 0 Å². The minimum atomic E-state index is -1.73. The van der Waals surface area contributed by atoms with Crippen LogP contribution in [0.1, 0.15) is 38.2 Å². The molecule has 1 amide bonds. The molecule has 0 spiro atoms. The molecule has 2 N–H and O–H groups in total. The number of hydrogen-bond acceptors (Lipinski definition) is 3. The second kappa shape index (κ2) is 5.21. The van der Waals surface area contributed by atoms with Crippen LogP contribution in [0, 0.1) is 11.8 Å². The van der Waals surface area contributed by atoms with Gasteiger partial charge in [0.15, 0.2) is 5.60 Å². The summed E-state index contributed by atoms with van der Waals surface area (Å²) in [6.45, 7) is 2.08. The summed E-state index contributed by atoms with van der Waals surface area (Å²) in [6.07, 6.45) is 2.84. The molecule has 3 atom stereocenters. The molecule has 0 aromatic heterocycles. The Morgan fingerprint density at radius 2 is 2.19 bits per heavy atom. The van der Waals surface area contributed by atoms with E-state index in [1.54, 1.807) is 12.1 Å². The van der Waals surface area contributed by atoms with Crippen LogP contribution in [0.15, 0.2) is 22.7 Å². The van der Waals surface area contributed by atoms with Crippen molar-refractivity contribution in [3.8, 4) is 0 Å². The van der Waals surface area contributed by atoms with E-state index in [1.807, 2.05) is 6.07 Å². The van der Waals surface area contributed by atoms with Crippen molar-refractivity contribution in [3.63, 3.8) is 0 Å². The predicted molar refractivity (Wildman–Crippen MR) is 82.8 cm³/mol. The van der Waals surface area contributed by atoms with Gasteiger partial charge in [-0.25, -0.2) is 0 Å². The molecule has 112 valence electrons. The lowest BCUT2D eigenvalue weighted by molar-refractivity contribution is -0.152. The molecule has 1 aliphatic carbocycles. The molecule has 3 unspecified atom stereocenters. The summed E-state index contributed by atoms with van der Waals surface area (Å²) in [6, 6.07) is 5.29. The zero-order valence-electron chi connectivity index (χ0n) is 11.9. The van der Waals surface area contributed by atoms with Gasteiger partial charge in [-0.05, 0) is 37.0 Å². The number of carbonyl (C=O) groups excluding carboxylic acids is 2. The summed E-state index contributed by atoms with van der Waals surface area (Å²) < 4.78 is 0.784. The van der Waals surface area contributed by atoms with Gasteiger partial charge in [0.25, 0.3) is 5.91 Å². The minimum absolute atomic E-state index is 0.00910. The molecule has 0 bridgehead atoms. The Hall–Kier alpha value is -1.20. The van der Waals surface area contributed by atoms with Gasteiger partial charge in [0.2, 0.25) is 0 Å². The highest BCUT2D eigenvalue weighted by Gasteiger charge is 2.54. The third-order valence-electron chi connectivity index (χ3n) is 4.82. The Balaban J connectivity index is 2.05. The average Bonchev–Trinajstić information content (AvgIpc) is 2.72. The quantitative estimate of drug-likeness (QED) is 0.860. The Labute approximate surface area is 132 Å². The van der Waals surface area contributed by atoms with Crippen LogP contribution in [0.5, 0.6) is 0 Å². The molecule has 3 rings (SSSR count). The van der Waals surface area contributed by atoms with E-state index in [2.05, 4.69) is 28.2 Å². The van der Waals surface area contributed by atoms with Crippen molar-refractivity contribution < 1.29 is 14.7 Å². The smallest absolute Gasteiger partial charge is 0.261 e. The number of nitrogens with one attached hydrogen (secondary N) is 1. The number of Topliss-reactive ketones (excluding diaryl/α,β-unsaturated/α-hetero) is 1. The Morgan fingerprint density at radius 1 is 1.43 bits per heavy atom. The zero-order valence-corrected chi connectivity index (χ0v) is 13.4. The van der Waals surface area contributed by atoms with E-state index >= 15 is 0 Å². The van der Waals surface area contributed by atoms with Gasteiger partial charge in [0, 0.05) is 22.1 Å². The van der Waals surface area contributed by atoms with Crippen molar-refractivity contribution in [3.05, 3.63) is 28.2 Å². The van der Waals surface area contributed by atoms with E-state index in [-0.39, 0.29) is 5.78 Å². The van der Waals surface area contributed by atoms with E-state index in [9.17, 15) is 14.7 Å². The number of hydrogen-bond donors (Lipinski definition) is 2. The molecule has 0 radical (unpaired) electrons. The third kappa shape index (κ3) is 2.23. The van der Waals surface area contributed by atoms with Crippen LogP contribution in [0.4, 0.5) is 5.69 Å². The summed E-state index contributed by atoms with van der Waals surface area (Å²) in [7, 11) is 0. The first-order valence-corrected chi connectivity index (χ1v) is 8.12. The fourth-order valence-electron chi connectivity index (χ4n) is 3.50. The first kappa shape index (κ1) is 14.7. The zero-order chi connectivity index (χ0) is 15.2. The first-order chi connectivity index (χ1) is 9.96. The lowest BCUT2D eigenvalue weighted by atomic mass is 9.69. The normalized spacial score (nSPS) is 32.0. The molecule has 5 heteroatoms. The second-order valence-corrected chi connectivity index (χ2v) is 6.89. The van der Waals surface area contributed by atoms with Gasteiger partial charge in [-0.3, -0.25) is 9.59 Å². The van der Waals surface area contributed by atoms with Crippen LogP contribution in [0.2, 0.25) is 0 Å². The highest BCUT2D eigenvalue weighted by Crippen LogP contribution is 2.47. The highest BCUT2D eigenvalue weighted by molar-refractivity contribution is 9.10. The number of ketones is 1. The predicted octanol–water partition coefficient (Wildman–Crippen LogP) is 2.98. The van der Waals surface area contributed by atoms with E-state index in [0.29, 0.717) is 30.0 Å². The number of anilines is 1. The van der Waals surface area contributed by atoms with Crippen LogP contribution in [-0.2, 0) is 15.2 Å². The molecule has 1 aromatic rings. The van der Waals surface area contributed by atoms with Crippen LogP contribution in [0.25, 0.3) is 0 Å². The maximum absolute atomic E-state index is 12.4. The van der Waals surface area contributed by atoms with Crippen molar-refractivity contribution in [2.75, 3.05) is 5.32 Å². The summed E-state index contributed by atoms with van der Waals surface area (Å²) >= 11 is 3.37. The van der Waals surface area contributed by atoms with Gasteiger partial charge in [0.05, 0.1) is 5.92 Å². The monoisotopic (exact) mass is 351 g/mol. The standard InChI is InChI=1S/C16H18BrNO3/c1-2-9-3-6-14(19)12(7-9)16(21)11-8-10(17)4-5-13(11)18-15(16)20/h4-5,8-9,12,21H,2-3,6-7H2,1H3,(H,18,20). The topological polar surface area (TPSA) is 66.4 Å². The van der Waals surface area contributed by atoms with Crippen LogP contribution in [-0.4, -0.2) is 16.8 Å². The number of rotatable bonds is 2. The molecular formula is C16H18BrNO3. The van der Waals surface area contributed by atoms with E-state index in [1.165, 1.54) is 0 Å². The highest BCUT2D eigenvalue weighted by atomic mass is 79.9. The van der Waals surface area contributed by atoms with Gasteiger partial charge < -0.3 is 10.4 Å². The Morgan fingerprint density at radius 3 is 2.90 bits per heavy atom. The van der Waals surface area contributed by atoms with Crippen molar-refractivity contribution in [1.29, 1.82) is 0 Å². The largest absolute Gasteiger partial charge is 0.375 e. The lowest BCUT2D eigenvalue weighted by Crippen LogP contribution is -2.47. The summed E-state index contributed by atoms with van der Waals surface area (Å²) in [5.74, 6) is -0.747. The van der Waals surface area contributed by atoms with E-state index in [0.717, 1.165) is 17.3 Å². The summed E-state index contributed by atoms with van der Waals surface area (Å²) in [4.78, 5) is 24.7. The van der Waals surface area contributed by atoms with Gasteiger partial charge in [-0.2, -0.15) is 0 Å². The van der Waals surface area contributed by atoms with E-state index in [4.69, 9.17) is 0 Å². The van der Waals surface area contributed by atoms with Gasteiger partial charge in [-0.15, -0.1) is 0 Å². The average molecular weight is 352 g/mol. The van der Waals surface area contributed by atoms with Gasteiger partial charge in [0.1, 0.15) is 5.78 Å². The number of fused-ring (bicyclic) bond motifs is 1. The van der Waals surface area contributed by atoms with Crippen molar-refractivity contribution >= 4 is 33.3 Å². The summed E-state index contributed by atoms with van der Waals surface area (Å²) in [5, 5.41) is 13.8. The maximum Gasteiger partial charge on any atom is 0.261 e. The Kier molecular flexibility index (Phi) is 3.66. The molecule has 4 nitrogen and oxygen atoms in total. The maximum atomic E-state index is 12.4. The van der Waals surface area contributed by atoms with Crippen LogP contribution in [0.3, 0.4) is 0 Å². The molecule has 21 heavy (non-hydrogen) atoms. The molecule has 0 saturated heterocycles. The van der Waals surface area contributed by atoms with Crippen molar-refractivity contribution in [1.82, 2.24) is 0 Å². The SMILES string of the molecule is CCC1CCC(=O)C(C2(O)C(=O)Nc3ccc(Br)cc32)C1. The third-order valence-corrected chi connectivity index (χ3v) is 5.32. The molecule has 1 saturated carbocycles. The van der Waals surface area contributed by atoms with Gasteiger partial charge in [-0.1, -0.05) is 29.3 Å². The second-order valence-electron chi connectivity index (χ2n) is 5.98. The Bertz CT molecular complexity index is 616. The van der Waals surface area contributed by atoms with E-state index < -0.39 is 17.4 Å². The number of carbonyl (C=O) groups is 2. The van der Waals surface area contributed by atoms with Crippen LogP contribution >= 0.6 is 15.9 Å². The van der Waals surface area contributed by atoms with Crippen molar-refractivity contribution in [2.24, 2.45) is 11.8 Å². The number of halogens is 1. The molecule has 1 aromatic carbocycles. The fourth-order valence-corrected chi connectivity index (χ4v) is 3.87. The summed E-state index contributed by atoms with van der Waals surface area (Å²) in [5.41, 5.74) is -0.626. The minimum Gasteiger partial charge on any atom is -0.375 e. The fraction of sp³-hybridized carbons (Fsp3) is 0.500. The lowest BCUT2D eigenvalue weighted by Gasteiger charge is -2.36. The molecule has 1 heterocycles. The first-order valence-electron chi connectivity index (χ1n) is 7.33. The number of aliphatic hydroxyl groups is 1. The molecular weight excluding hydrogens is 334 g/mol.